The van der Waals surface area contributed by atoms with Crippen LogP contribution in [0, 0.1) is 10.1 Å². The van der Waals surface area contributed by atoms with Crippen LogP contribution in [0.15, 0.2) is 30.5 Å². The molecule has 0 bridgehead atoms. The molecule has 2 rings (SSSR count). The van der Waals surface area contributed by atoms with E-state index in [1.54, 1.807) is 13.1 Å². The number of nitrogens with one attached hydrogen (secondary N) is 1. The SMILES string of the molecule is CCOC(=O)C(c1c[nH]c2ccccc12)C(C)[N+](=O)[O-]. The first-order chi connectivity index (χ1) is 9.56. The fourth-order valence-electron chi connectivity index (χ4n) is 2.29. The van der Waals surface area contributed by atoms with Gasteiger partial charge in [-0.15, -0.1) is 0 Å². The van der Waals surface area contributed by atoms with Gasteiger partial charge in [0.15, 0.2) is 5.92 Å². The molecule has 0 saturated heterocycles. The smallest absolute Gasteiger partial charge is 0.320 e. The molecule has 20 heavy (non-hydrogen) atoms. The van der Waals surface area contributed by atoms with Gasteiger partial charge in [0.05, 0.1) is 6.61 Å². The molecule has 106 valence electrons. The van der Waals surface area contributed by atoms with Gasteiger partial charge in [0, 0.05) is 28.9 Å². The van der Waals surface area contributed by atoms with E-state index in [0.717, 1.165) is 10.9 Å². The van der Waals surface area contributed by atoms with Gasteiger partial charge < -0.3 is 9.72 Å². The quantitative estimate of drug-likeness (QED) is 0.516. The monoisotopic (exact) mass is 276 g/mol. The lowest BCUT2D eigenvalue weighted by Gasteiger charge is -2.16. The van der Waals surface area contributed by atoms with Crippen molar-refractivity contribution in [2.45, 2.75) is 25.8 Å². The molecule has 1 heterocycles. The maximum atomic E-state index is 12.1. The zero-order valence-corrected chi connectivity index (χ0v) is 11.3. The summed E-state index contributed by atoms with van der Waals surface area (Å²) in [6, 6.07) is 6.34. The van der Waals surface area contributed by atoms with Crippen LogP contribution < -0.4 is 0 Å². The van der Waals surface area contributed by atoms with Gasteiger partial charge >= 0.3 is 5.97 Å². The van der Waals surface area contributed by atoms with Gasteiger partial charge in [-0.1, -0.05) is 18.2 Å². The van der Waals surface area contributed by atoms with Crippen molar-refractivity contribution in [1.82, 2.24) is 4.98 Å². The van der Waals surface area contributed by atoms with Crippen LogP contribution in [0.25, 0.3) is 10.9 Å². The second-order valence-electron chi connectivity index (χ2n) is 4.55. The molecule has 2 unspecified atom stereocenters. The van der Waals surface area contributed by atoms with E-state index >= 15 is 0 Å². The molecule has 0 amide bonds. The topological polar surface area (TPSA) is 85.2 Å². The Morgan fingerprint density at radius 3 is 2.80 bits per heavy atom. The van der Waals surface area contributed by atoms with Crippen molar-refractivity contribution in [2.75, 3.05) is 6.61 Å². The molecule has 0 aliphatic rings. The average molecular weight is 276 g/mol. The first kappa shape index (κ1) is 14.0. The third kappa shape index (κ3) is 2.49. The molecule has 1 aromatic carbocycles. The molecule has 0 radical (unpaired) electrons. The molecular weight excluding hydrogens is 260 g/mol. The van der Waals surface area contributed by atoms with Crippen molar-refractivity contribution in [3.05, 3.63) is 46.1 Å². The highest BCUT2D eigenvalue weighted by Crippen LogP contribution is 2.30. The van der Waals surface area contributed by atoms with Gasteiger partial charge in [0.2, 0.25) is 6.04 Å². The highest BCUT2D eigenvalue weighted by Gasteiger charge is 2.37. The first-order valence-electron chi connectivity index (χ1n) is 6.42. The van der Waals surface area contributed by atoms with Crippen LogP contribution in [-0.4, -0.2) is 28.5 Å². The fourth-order valence-corrected chi connectivity index (χ4v) is 2.29. The summed E-state index contributed by atoms with van der Waals surface area (Å²) in [6.45, 7) is 3.30. The summed E-state index contributed by atoms with van der Waals surface area (Å²) >= 11 is 0. The van der Waals surface area contributed by atoms with Crippen LogP contribution in [0.5, 0.6) is 0 Å². The number of nitro groups is 1. The van der Waals surface area contributed by atoms with Crippen LogP contribution in [-0.2, 0) is 9.53 Å². The number of aromatic amines is 1. The Morgan fingerprint density at radius 1 is 1.45 bits per heavy atom. The van der Waals surface area contributed by atoms with Gasteiger partial charge in [-0.3, -0.25) is 14.9 Å². The van der Waals surface area contributed by atoms with E-state index in [0.29, 0.717) is 5.56 Å². The molecule has 6 heteroatoms. The van der Waals surface area contributed by atoms with Crippen molar-refractivity contribution >= 4 is 16.9 Å². The van der Waals surface area contributed by atoms with E-state index in [4.69, 9.17) is 4.74 Å². The number of carbonyl (C=O) groups is 1. The highest BCUT2D eigenvalue weighted by atomic mass is 16.6. The summed E-state index contributed by atoms with van der Waals surface area (Å²) in [7, 11) is 0. The normalized spacial score (nSPS) is 13.9. The number of para-hydroxylation sites is 1. The van der Waals surface area contributed by atoms with Crippen LogP contribution in [0.4, 0.5) is 0 Å². The second-order valence-corrected chi connectivity index (χ2v) is 4.55. The minimum Gasteiger partial charge on any atom is -0.465 e. The lowest BCUT2D eigenvalue weighted by molar-refractivity contribution is -0.520. The standard InChI is InChI=1S/C14H16N2O4/c1-3-20-14(17)13(9(2)16(18)19)11-8-15-12-7-5-4-6-10(11)12/h4-9,13,15H,3H2,1-2H3. The molecule has 2 aromatic rings. The lowest BCUT2D eigenvalue weighted by atomic mass is 9.92. The number of fused-ring (bicyclic) bond motifs is 1. The Morgan fingerprint density at radius 2 is 2.15 bits per heavy atom. The van der Waals surface area contributed by atoms with E-state index in [2.05, 4.69) is 4.98 Å². The van der Waals surface area contributed by atoms with Gasteiger partial charge in [-0.2, -0.15) is 0 Å². The molecule has 0 aliphatic carbocycles. The Labute approximate surface area is 115 Å². The summed E-state index contributed by atoms with van der Waals surface area (Å²) in [5.41, 5.74) is 1.44. The first-order valence-corrected chi connectivity index (χ1v) is 6.42. The molecule has 6 nitrogen and oxygen atoms in total. The number of nitrogens with zero attached hydrogens (tertiary/aromatic N) is 1. The largest absolute Gasteiger partial charge is 0.465 e. The molecule has 0 fully saturated rings. The van der Waals surface area contributed by atoms with E-state index in [1.807, 2.05) is 24.3 Å². The molecular formula is C14H16N2O4. The van der Waals surface area contributed by atoms with Crippen LogP contribution >= 0.6 is 0 Å². The number of aromatic nitrogens is 1. The van der Waals surface area contributed by atoms with Crippen LogP contribution in [0.1, 0.15) is 25.3 Å². The molecule has 0 saturated carbocycles. The summed E-state index contributed by atoms with van der Waals surface area (Å²) < 4.78 is 4.99. The molecule has 2 atom stereocenters. The maximum Gasteiger partial charge on any atom is 0.320 e. The predicted octanol–water partition coefficient (Wildman–Crippen LogP) is 2.48. The Balaban J connectivity index is 2.50. The summed E-state index contributed by atoms with van der Waals surface area (Å²) in [4.78, 5) is 25.7. The number of carbonyl (C=O) groups excluding carboxylic acids is 1. The van der Waals surface area contributed by atoms with Crippen LogP contribution in [0.3, 0.4) is 0 Å². The average Bonchev–Trinajstić information content (AvgIpc) is 2.83. The second kappa shape index (κ2) is 5.73. The molecule has 1 aromatic heterocycles. The van der Waals surface area contributed by atoms with Gasteiger partial charge in [-0.25, -0.2) is 0 Å². The van der Waals surface area contributed by atoms with E-state index < -0.39 is 22.9 Å². The summed E-state index contributed by atoms with van der Waals surface area (Å²) in [6.07, 6.45) is 1.65. The minimum absolute atomic E-state index is 0.197. The zero-order chi connectivity index (χ0) is 14.7. The Kier molecular flexibility index (Phi) is 4.02. The number of hydrogen-bond donors (Lipinski definition) is 1. The summed E-state index contributed by atoms with van der Waals surface area (Å²) in [5.74, 6) is -1.48. The number of ether oxygens (including phenoxy) is 1. The Bertz CT molecular complexity index is 635. The fraction of sp³-hybridized carbons (Fsp3) is 0.357. The molecule has 0 spiro atoms. The lowest BCUT2D eigenvalue weighted by Crippen LogP contribution is -2.31. The van der Waals surface area contributed by atoms with Crippen LogP contribution in [0.2, 0.25) is 0 Å². The predicted molar refractivity (Wildman–Crippen MR) is 74.1 cm³/mol. The van der Waals surface area contributed by atoms with Crippen molar-refractivity contribution in [3.8, 4) is 0 Å². The number of esters is 1. The zero-order valence-electron chi connectivity index (χ0n) is 11.3. The van der Waals surface area contributed by atoms with E-state index in [1.165, 1.54) is 6.92 Å². The van der Waals surface area contributed by atoms with Crippen molar-refractivity contribution in [1.29, 1.82) is 0 Å². The Hall–Kier alpha value is -2.37. The van der Waals surface area contributed by atoms with Crippen molar-refractivity contribution < 1.29 is 14.5 Å². The summed E-state index contributed by atoms with van der Waals surface area (Å²) in [5, 5.41) is 11.9. The molecule has 1 N–H and O–H groups in total. The third-order valence-corrected chi connectivity index (χ3v) is 3.31. The minimum atomic E-state index is -1.05. The number of rotatable bonds is 5. The number of H-pyrrole nitrogens is 1. The third-order valence-electron chi connectivity index (χ3n) is 3.31. The van der Waals surface area contributed by atoms with E-state index in [9.17, 15) is 14.9 Å². The molecule has 0 aliphatic heterocycles. The van der Waals surface area contributed by atoms with Gasteiger partial charge in [0.1, 0.15) is 0 Å². The van der Waals surface area contributed by atoms with Gasteiger partial charge in [0.25, 0.3) is 0 Å². The van der Waals surface area contributed by atoms with E-state index in [-0.39, 0.29) is 6.61 Å². The number of hydrogen-bond acceptors (Lipinski definition) is 4. The number of benzene rings is 1. The van der Waals surface area contributed by atoms with Gasteiger partial charge in [-0.05, 0) is 18.6 Å². The van der Waals surface area contributed by atoms with Crippen molar-refractivity contribution in [2.24, 2.45) is 0 Å². The maximum absolute atomic E-state index is 12.1. The highest BCUT2D eigenvalue weighted by molar-refractivity contribution is 5.90. The van der Waals surface area contributed by atoms with Crippen molar-refractivity contribution in [3.63, 3.8) is 0 Å².